The fourth-order valence-corrected chi connectivity index (χ4v) is 4.46. The summed E-state index contributed by atoms with van der Waals surface area (Å²) < 4.78 is 5.83. The molecule has 116 valence electrons. The zero-order valence-corrected chi connectivity index (χ0v) is 13.6. The summed E-state index contributed by atoms with van der Waals surface area (Å²) in [5, 5.41) is 5.94. The number of amides is 1. The Hall–Kier alpha value is -0.980. The van der Waals surface area contributed by atoms with E-state index in [9.17, 15) is 4.79 Å². The highest BCUT2D eigenvalue weighted by Crippen LogP contribution is 2.57. The van der Waals surface area contributed by atoms with E-state index in [1.54, 1.807) is 11.3 Å². The molecule has 1 saturated carbocycles. The lowest BCUT2D eigenvalue weighted by Crippen LogP contribution is -2.82. The van der Waals surface area contributed by atoms with Crippen molar-refractivity contribution in [2.75, 3.05) is 6.61 Å². The number of fused-ring (bicyclic) bond motifs is 1. The standard InChI is InChI=1S/C15H23N3O2S/c1-9-18-10(8-21-9)7-17-13(19)15(16)11-5-4-6-20-12(11)14(15,2)3/h8,11-12H,4-7,16H2,1-3H3,(H,17,19). The summed E-state index contributed by atoms with van der Waals surface area (Å²) in [4.78, 5) is 17.0. The third-order valence-corrected chi connectivity index (χ3v) is 5.98. The SMILES string of the molecule is Cc1nc(CNC(=O)C2(N)C3CCCOC3C2(C)C)cs1. The van der Waals surface area contributed by atoms with Gasteiger partial charge in [0.2, 0.25) is 5.91 Å². The lowest BCUT2D eigenvalue weighted by molar-refractivity contribution is -0.225. The fraction of sp³-hybridized carbons (Fsp3) is 0.733. The Morgan fingerprint density at radius 3 is 3.05 bits per heavy atom. The largest absolute Gasteiger partial charge is 0.377 e. The first-order valence-electron chi connectivity index (χ1n) is 7.47. The first-order valence-corrected chi connectivity index (χ1v) is 8.35. The monoisotopic (exact) mass is 309 g/mol. The predicted octanol–water partition coefficient (Wildman–Crippen LogP) is 1.60. The summed E-state index contributed by atoms with van der Waals surface area (Å²) in [6, 6.07) is 0. The van der Waals surface area contributed by atoms with Crippen LogP contribution in [0, 0.1) is 18.3 Å². The molecule has 6 heteroatoms. The Balaban J connectivity index is 1.70. The third kappa shape index (κ3) is 2.12. The minimum atomic E-state index is -0.844. The average Bonchev–Trinajstić information content (AvgIpc) is 2.89. The van der Waals surface area contributed by atoms with Crippen molar-refractivity contribution in [2.45, 2.75) is 51.8 Å². The minimum absolute atomic E-state index is 0.0788. The maximum Gasteiger partial charge on any atom is 0.241 e. The van der Waals surface area contributed by atoms with Crippen LogP contribution in [0.15, 0.2) is 5.38 Å². The summed E-state index contributed by atoms with van der Waals surface area (Å²) in [6.07, 6.45) is 2.05. The lowest BCUT2D eigenvalue weighted by atomic mass is 9.46. The van der Waals surface area contributed by atoms with E-state index in [1.165, 1.54) is 0 Å². The van der Waals surface area contributed by atoms with E-state index in [0.29, 0.717) is 6.54 Å². The fourth-order valence-electron chi connectivity index (χ4n) is 3.84. The molecule has 3 unspecified atom stereocenters. The molecule has 0 aromatic carbocycles. The Labute approximate surface area is 129 Å². The van der Waals surface area contributed by atoms with Gasteiger partial charge >= 0.3 is 0 Å². The molecule has 3 rings (SSSR count). The molecule has 2 fully saturated rings. The number of aromatic nitrogens is 1. The van der Waals surface area contributed by atoms with Crippen molar-refractivity contribution in [3.8, 4) is 0 Å². The topological polar surface area (TPSA) is 77.2 Å². The first-order chi connectivity index (χ1) is 9.87. The minimum Gasteiger partial charge on any atom is -0.377 e. The van der Waals surface area contributed by atoms with Crippen molar-refractivity contribution in [3.05, 3.63) is 16.1 Å². The van der Waals surface area contributed by atoms with Crippen LogP contribution in [0.1, 0.15) is 37.4 Å². The molecule has 1 aliphatic heterocycles. The van der Waals surface area contributed by atoms with Crippen molar-refractivity contribution in [1.82, 2.24) is 10.3 Å². The van der Waals surface area contributed by atoms with Crippen LogP contribution in [0.5, 0.6) is 0 Å². The molecule has 3 N–H and O–H groups in total. The number of rotatable bonds is 3. The number of nitrogens with zero attached hydrogens (tertiary/aromatic N) is 1. The second-order valence-electron chi connectivity index (χ2n) is 6.67. The number of hydrogen-bond acceptors (Lipinski definition) is 5. The number of ether oxygens (including phenoxy) is 1. The highest BCUT2D eigenvalue weighted by atomic mass is 32.1. The number of nitrogens with one attached hydrogen (secondary N) is 1. The normalized spacial score (nSPS) is 33.9. The summed E-state index contributed by atoms with van der Waals surface area (Å²) in [6.45, 7) is 7.24. The highest BCUT2D eigenvalue weighted by molar-refractivity contribution is 7.09. The van der Waals surface area contributed by atoms with Gasteiger partial charge in [0.05, 0.1) is 23.4 Å². The molecule has 1 aromatic rings. The van der Waals surface area contributed by atoms with Crippen LogP contribution in [-0.2, 0) is 16.1 Å². The van der Waals surface area contributed by atoms with Gasteiger partial charge in [0.1, 0.15) is 5.54 Å². The Bertz CT molecular complexity index is 557. The molecule has 1 saturated heterocycles. The van der Waals surface area contributed by atoms with Crippen molar-refractivity contribution < 1.29 is 9.53 Å². The number of aryl methyl sites for hydroxylation is 1. The van der Waals surface area contributed by atoms with Gasteiger partial charge in [-0.25, -0.2) is 4.98 Å². The highest BCUT2D eigenvalue weighted by Gasteiger charge is 2.70. The summed E-state index contributed by atoms with van der Waals surface area (Å²) in [5.74, 6) is 0.0447. The quantitative estimate of drug-likeness (QED) is 0.889. The number of nitrogens with two attached hydrogens (primary N) is 1. The van der Waals surface area contributed by atoms with Crippen LogP contribution in [0.2, 0.25) is 0 Å². The smallest absolute Gasteiger partial charge is 0.241 e. The molecule has 1 aliphatic carbocycles. The Morgan fingerprint density at radius 1 is 1.62 bits per heavy atom. The van der Waals surface area contributed by atoms with E-state index in [1.807, 2.05) is 26.2 Å². The van der Waals surface area contributed by atoms with E-state index in [-0.39, 0.29) is 23.3 Å². The van der Waals surface area contributed by atoms with Crippen LogP contribution in [0.4, 0.5) is 0 Å². The van der Waals surface area contributed by atoms with Gasteiger partial charge in [0.25, 0.3) is 0 Å². The number of thiazole rings is 1. The molecule has 2 aliphatic rings. The van der Waals surface area contributed by atoms with Gasteiger partial charge in [-0.15, -0.1) is 11.3 Å². The van der Waals surface area contributed by atoms with Crippen molar-refractivity contribution in [2.24, 2.45) is 17.1 Å². The predicted molar refractivity (Wildman–Crippen MR) is 81.9 cm³/mol. The zero-order chi connectivity index (χ0) is 15.3. The number of carbonyl (C=O) groups excluding carboxylic acids is 1. The van der Waals surface area contributed by atoms with E-state index in [0.717, 1.165) is 30.2 Å². The van der Waals surface area contributed by atoms with Crippen LogP contribution in [0.25, 0.3) is 0 Å². The van der Waals surface area contributed by atoms with E-state index in [2.05, 4.69) is 10.3 Å². The molecular formula is C15H23N3O2S. The molecule has 1 amide bonds. The van der Waals surface area contributed by atoms with Gasteiger partial charge in [0.15, 0.2) is 0 Å². The van der Waals surface area contributed by atoms with Crippen LogP contribution < -0.4 is 11.1 Å². The average molecular weight is 309 g/mol. The van der Waals surface area contributed by atoms with Gasteiger partial charge in [-0.1, -0.05) is 13.8 Å². The van der Waals surface area contributed by atoms with Crippen LogP contribution in [-0.4, -0.2) is 29.1 Å². The molecule has 2 heterocycles. The van der Waals surface area contributed by atoms with Gasteiger partial charge in [-0.05, 0) is 19.8 Å². The molecule has 0 spiro atoms. The zero-order valence-electron chi connectivity index (χ0n) is 12.8. The number of carbonyl (C=O) groups is 1. The van der Waals surface area contributed by atoms with Gasteiger partial charge in [-0.3, -0.25) is 4.79 Å². The lowest BCUT2D eigenvalue weighted by Gasteiger charge is -2.65. The second kappa shape index (κ2) is 5.04. The van der Waals surface area contributed by atoms with E-state index >= 15 is 0 Å². The Morgan fingerprint density at radius 2 is 2.38 bits per heavy atom. The molecule has 1 aromatic heterocycles. The summed E-state index contributed by atoms with van der Waals surface area (Å²) in [7, 11) is 0. The molecule has 3 atom stereocenters. The van der Waals surface area contributed by atoms with E-state index < -0.39 is 5.54 Å². The van der Waals surface area contributed by atoms with Crippen molar-refractivity contribution >= 4 is 17.2 Å². The summed E-state index contributed by atoms with van der Waals surface area (Å²) >= 11 is 1.59. The molecule has 5 nitrogen and oxygen atoms in total. The van der Waals surface area contributed by atoms with Gasteiger partial charge in [0, 0.05) is 23.3 Å². The maximum absolute atomic E-state index is 12.7. The van der Waals surface area contributed by atoms with Gasteiger partial charge < -0.3 is 15.8 Å². The molecular weight excluding hydrogens is 286 g/mol. The van der Waals surface area contributed by atoms with Crippen molar-refractivity contribution in [3.63, 3.8) is 0 Å². The van der Waals surface area contributed by atoms with Crippen LogP contribution in [0.3, 0.4) is 0 Å². The Kier molecular flexibility index (Phi) is 3.58. The first kappa shape index (κ1) is 14.9. The van der Waals surface area contributed by atoms with Gasteiger partial charge in [-0.2, -0.15) is 0 Å². The van der Waals surface area contributed by atoms with Crippen LogP contribution >= 0.6 is 11.3 Å². The van der Waals surface area contributed by atoms with E-state index in [4.69, 9.17) is 10.5 Å². The second-order valence-corrected chi connectivity index (χ2v) is 7.73. The molecule has 0 radical (unpaired) electrons. The number of hydrogen-bond donors (Lipinski definition) is 2. The third-order valence-electron chi connectivity index (χ3n) is 5.16. The van der Waals surface area contributed by atoms with Crippen molar-refractivity contribution in [1.29, 1.82) is 0 Å². The maximum atomic E-state index is 12.7. The molecule has 0 bridgehead atoms. The summed E-state index contributed by atoms with van der Waals surface area (Å²) in [5.41, 5.74) is 6.25. The molecule has 21 heavy (non-hydrogen) atoms.